The first kappa shape index (κ1) is 24.8. The number of allylic oxidation sites excluding steroid dienone is 2. The van der Waals surface area contributed by atoms with Crippen molar-refractivity contribution in [2.75, 3.05) is 12.4 Å². The third-order valence-corrected chi connectivity index (χ3v) is 7.45. The van der Waals surface area contributed by atoms with Gasteiger partial charge in [-0.1, -0.05) is 18.2 Å². The molecule has 0 aliphatic heterocycles. The average Bonchev–Trinajstić information content (AvgIpc) is 3.59. The lowest BCUT2D eigenvalue weighted by molar-refractivity contribution is 0.414. The van der Waals surface area contributed by atoms with Gasteiger partial charge in [-0.05, 0) is 74.2 Å². The fourth-order valence-electron chi connectivity index (χ4n) is 5.49. The molecule has 10 heteroatoms. The Morgan fingerprint density at radius 1 is 0.927 bits per heavy atom. The number of rotatable bonds is 6. The van der Waals surface area contributed by atoms with E-state index in [1.54, 1.807) is 19.6 Å². The summed E-state index contributed by atoms with van der Waals surface area (Å²) in [5.41, 5.74) is 4.92. The first-order valence-electron chi connectivity index (χ1n) is 13.6. The third kappa shape index (κ3) is 4.24. The van der Waals surface area contributed by atoms with Crippen LogP contribution in [0.3, 0.4) is 0 Å². The normalized spacial score (nSPS) is 13.5. The molecule has 0 atom stereocenters. The van der Waals surface area contributed by atoms with Crippen molar-refractivity contribution in [3.8, 4) is 22.8 Å². The number of pyridine rings is 1. The van der Waals surface area contributed by atoms with Crippen molar-refractivity contribution in [1.29, 1.82) is 0 Å². The lowest BCUT2D eigenvalue weighted by Crippen LogP contribution is -2.23. The minimum absolute atomic E-state index is 0.285. The topological polar surface area (TPSA) is 105 Å². The number of nitrogens with zero attached hydrogens (tertiary/aromatic N) is 7. The van der Waals surface area contributed by atoms with Gasteiger partial charge in [0.25, 0.3) is 5.56 Å². The molecule has 4 aromatic heterocycles. The van der Waals surface area contributed by atoms with Crippen LogP contribution in [0, 0.1) is 0 Å². The van der Waals surface area contributed by atoms with E-state index >= 15 is 0 Å². The molecule has 41 heavy (non-hydrogen) atoms. The molecule has 0 spiro atoms. The molecule has 0 saturated heterocycles. The van der Waals surface area contributed by atoms with Gasteiger partial charge < -0.3 is 14.6 Å². The molecule has 0 saturated carbocycles. The molecule has 7 rings (SSSR count). The van der Waals surface area contributed by atoms with Gasteiger partial charge >= 0.3 is 0 Å². The van der Waals surface area contributed by atoms with Gasteiger partial charge in [-0.15, -0.1) is 0 Å². The number of benzene rings is 2. The second-order valence-electron chi connectivity index (χ2n) is 10.0. The first-order chi connectivity index (χ1) is 20.1. The van der Waals surface area contributed by atoms with Gasteiger partial charge in [0.1, 0.15) is 17.4 Å². The highest BCUT2D eigenvalue weighted by Gasteiger charge is 2.25. The summed E-state index contributed by atoms with van der Waals surface area (Å²) >= 11 is 0. The number of hydrogen-bond acceptors (Lipinski definition) is 7. The van der Waals surface area contributed by atoms with Crippen molar-refractivity contribution in [1.82, 2.24) is 33.6 Å². The lowest BCUT2D eigenvalue weighted by Gasteiger charge is -2.18. The summed E-state index contributed by atoms with van der Waals surface area (Å²) in [7, 11) is 3.58. The lowest BCUT2D eigenvalue weighted by atomic mass is 10.0. The van der Waals surface area contributed by atoms with Crippen molar-refractivity contribution in [2.24, 2.45) is 7.05 Å². The van der Waals surface area contributed by atoms with E-state index < -0.39 is 0 Å². The Bertz CT molecular complexity index is 1990. The van der Waals surface area contributed by atoms with Gasteiger partial charge in [-0.3, -0.25) is 9.36 Å². The summed E-state index contributed by atoms with van der Waals surface area (Å²) in [5, 5.41) is 3.28. The zero-order valence-electron chi connectivity index (χ0n) is 22.8. The van der Waals surface area contributed by atoms with Crippen LogP contribution in [0.4, 0.5) is 11.8 Å². The van der Waals surface area contributed by atoms with Crippen LogP contribution in [0.25, 0.3) is 45.0 Å². The molecule has 2 aromatic carbocycles. The number of fused-ring (bicyclic) bond motifs is 2. The summed E-state index contributed by atoms with van der Waals surface area (Å²) in [4.78, 5) is 33.4. The van der Waals surface area contributed by atoms with Crippen molar-refractivity contribution in [2.45, 2.75) is 25.7 Å². The van der Waals surface area contributed by atoms with E-state index in [9.17, 15) is 4.79 Å². The van der Waals surface area contributed by atoms with Gasteiger partial charge in [0.15, 0.2) is 11.2 Å². The second-order valence-corrected chi connectivity index (χ2v) is 10.0. The van der Waals surface area contributed by atoms with E-state index in [-0.39, 0.29) is 11.1 Å². The van der Waals surface area contributed by atoms with E-state index in [1.807, 2.05) is 72.3 Å². The number of nitrogens with one attached hydrogen (secondary N) is 1. The predicted octanol–water partition coefficient (Wildman–Crippen LogP) is 5.70. The number of aryl methyl sites for hydroxylation is 1. The van der Waals surface area contributed by atoms with Crippen LogP contribution in [0.1, 0.15) is 25.7 Å². The third-order valence-electron chi connectivity index (χ3n) is 7.45. The number of ether oxygens (including phenoxy) is 1. The second kappa shape index (κ2) is 10.1. The van der Waals surface area contributed by atoms with Crippen LogP contribution < -0.4 is 15.6 Å². The smallest absolute Gasteiger partial charge is 0.287 e. The van der Waals surface area contributed by atoms with Crippen LogP contribution in [-0.2, 0) is 7.05 Å². The standard InChI is InChI=1S/C31H28N8O2/c1-37-19-33-24-12-8-11-23(27(24)37)28-35-26-29(38(28)20-9-4-3-5-10-20)36-31(34-25-13-6-7-18-32-25)39(30(26)40)21-14-16-22(41-2)17-15-21/h6-9,11-19H,3-5,10H2,1-2H3,(H,32,34,36). The van der Waals surface area contributed by atoms with Gasteiger partial charge in [0.05, 0.1) is 30.2 Å². The first-order valence-corrected chi connectivity index (χ1v) is 13.6. The van der Waals surface area contributed by atoms with Gasteiger partial charge in [-0.2, -0.15) is 4.98 Å². The number of methoxy groups -OCH3 is 1. The Morgan fingerprint density at radius 3 is 2.56 bits per heavy atom. The highest BCUT2D eigenvalue weighted by Crippen LogP contribution is 2.35. The monoisotopic (exact) mass is 544 g/mol. The molecular formula is C31H28N8O2. The Hall–Kier alpha value is -5.25. The van der Waals surface area contributed by atoms with Crippen LogP contribution >= 0.6 is 0 Å². The fourth-order valence-corrected chi connectivity index (χ4v) is 5.49. The summed E-state index contributed by atoms with van der Waals surface area (Å²) in [6.07, 6.45) is 9.75. The van der Waals surface area contributed by atoms with Crippen LogP contribution in [0.2, 0.25) is 0 Å². The number of anilines is 2. The maximum atomic E-state index is 14.4. The summed E-state index contributed by atoms with van der Waals surface area (Å²) in [6, 6.07) is 18.8. The number of para-hydroxylation sites is 1. The molecule has 10 nitrogen and oxygen atoms in total. The highest BCUT2D eigenvalue weighted by atomic mass is 16.5. The quantitative estimate of drug-likeness (QED) is 0.287. The largest absolute Gasteiger partial charge is 0.497 e. The maximum absolute atomic E-state index is 14.4. The molecule has 4 heterocycles. The molecule has 0 radical (unpaired) electrons. The Morgan fingerprint density at radius 2 is 1.80 bits per heavy atom. The van der Waals surface area contributed by atoms with Crippen LogP contribution in [-0.4, -0.2) is 40.7 Å². The molecule has 0 unspecified atom stereocenters. The highest BCUT2D eigenvalue weighted by molar-refractivity contribution is 5.94. The molecule has 0 amide bonds. The Labute approximate surface area is 235 Å². The van der Waals surface area contributed by atoms with E-state index in [2.05, 4.69) is 25.9 Å². The minimum atomic E-state index is -0.285. The molecule has 1 aliphatic rings. The Kier molecular flexibility index (Phi) is 6.07. The minimum Gasteiger partial charge on any atom is -0.497 e. The molecule has 0 fully saturated rings. The van der Waals surface area contributed by atoms with Gasteiger partial charge in [0.2, 0.25) is 5.95 Å². The number of aromatic nitrogens is 7. The molecule has 1 N–H and O–H groups in total. The molecule has 6 aromatic rings. The van der Waals surface area contributed by atoms with Crippen molar-refractivity contribution < 1.29 is 4.74 Å². The molecule has 0 bridgehead atoms. The van der Waals surface area contributed by atoms with E-state index in [0.717, 1.165) is 48.0 Å². The maximum Gasteiger partial charge on any atom is 0.287 e. The van der Waals surface area contributed by atoms with Crippen molar-refractivity contribution in [3.05, 3.63) is 89.6 Å². The molecule has 204 valence electrons. The van der Waals surface area contributed by atoms with E-state index in [4.69, 9.17) is 14.7 Å². The summed E-state index contributed by atoms with van der Waals surface area (Å²) in [5.74, 6) is 2.27. The SMILES string of the molecule is COc1ccc(-n2c(Nc3ccccn3)nc3c(nc(-c4cccc5ncn(C)c45)n3C3=CCCCC3)c2=O)cc1. The Balaban J connectivity index is 1.55. The van der Waals surface area contributed by atoms with E-state index in [0.29, 0.717) is 34.7 Å². The van der Waals surface area contributed by atoms with Gasteiger partial charge in [-0.25, -0.2) is 19.5 Å². The summed E-state index contributed by atoms with van der Waals surface area (Å²) in [6.45, 7) is 0. The zero-order valence-corrected chi connectivity index (χ0v) is 22.8. The summed E-state index contributed by atoms with van der Waals surface area (Å²) < 4.78 is 10.9. The van der Waals surface area contributed by atoms with Gasteiger partial charge in [0, 0.05) is 24.5 Å². The number of hydrogen-bond donors (Lipinski definition) is 1. The van der Waals surface area contributed by atoms with Crippen molar-refractivity contribution >= 4 is 39.7 Å². The van der Waals surface area contributed by atoms with Crippen LogP contribution in [0.15, 0.2) is 84.1 Å². The predicted molar refractivity (Wildman–Crippen MR) is 160 cm³/mol. The van der Waals surface area contributed by atoms with Crippen LogP contribution in [0.5, 0.6) is 5.75 Å². The fraction of sp³-hybridized carbons (Fsp3) is 0.194. The van der Waals surface area contributed by atoms with E-state index in [1.165, 1.54) is 4.57 Å². The zero-order chi connectivity index (χ0) is 27.9. The number of imidazole rings is 2. The molecular weight excluding hydrogens is 516 g/mol. The average molecular weight is 545 g/mol. The van der Waals surface area contributed by atoms with Crippen molar-refractivity contribution in [3.63, 3.8) is 0 Å². The molecule has 1 aliphatic carbocycles.